The van der Waals surface area contributed by atoms with E-state index in [4.69, 9.17) is 16.3 Å². The van der Waals surface area contributed by atoms with Crippen LogP contribution >= 0.6 is 24.0 Å². The van der Waals surface area contributed by atoms with Crippen LogP contribution < -0.4 is 4.74 Å². The highest BCUT2D eigenvalue weighted by molar-refractivity contribution is 6.32. The third kappa shape index (κ3) is 3.67. The number of likely N-dealkylation sites (tertiary alicyclic amines) is 1. The Bertz CT molecular complexity index is 592. The van der Waals surface area contributed by atoms with Crippen molar-refractivity contribution < 1.29 is 4.74 Å². The lowest BCUT2D eigenvalue weighted by Crippen LogP contribution is -2.48. The number of likely N-dealkylation sites (N-methyl/N-ethyl adjacent to an activating group) is 1. The Morgan fingerprint density at radius 3 is 2.71 bits per heavy atom. The van der Waals surface area contributed by atoms with Gasteiger partial charge in [-0.05, 0) is 31.6 Å². The normalized spacial score (nSPS) is 17.7. The van der Waals surface area contributed by atoms with Gasteiger partial charge in [-0.15, -0.1) is 12.4 Å². The zero-order chi connectivity index (χ0) is 13.9. The van der Waals surface area contributed by atoms with E-state index in [1.807, 2.05) is 36.4 Å². The summed E-state index contributed by atoms with van der Waals surface area (Å²) in [7, 11) is 2.12. The number of hydrogen-bond donors (Lipinski definition) is 0. The summed E-state index contributed by atoms with van der Waals surface area (Å²) >= 11 is 6.18. The summed E-state index contributed by atoms with van der Waals surface area (Å²) in [5.74, 6) is 0.772. The van der Waals surface area contributed by atoms with Gasteiger partial charge in [0.05, 0.1) is 6.20 Å². The second-order valence-corrected chi connectivity index (χ2v) is 5.47. The third-order valence-corrected chi connectivity index (χ3v) is 4.08. The van der Waals surface area contributed by atoms with Gasteiger partial charge in [0.25, 0.3) is 0 Å². The van der Waals surface area contributed by atoms with Crippen LogP contribution in [0.25, 0.3) is 11.1 Å². The summed E-state index contributed by atoms with van der Waals surface area (Å²) in [5, 5.41) is 0.504. The minimum Gasteiger partial charge on any atom is -0.490 e. The molecule has 1 aliphatic rings. The molecule has 3 rings (SSSR count). The lowest BCUT2D eigenvalue weighted by atomic mass is 10.1. The number of benzene rings is 1. The van der Waals surface area contributed by atoms with Crippen LogP contribution in [0.4, 0.5) is 0 Å². The average Bonchev–Trinajstić information content (AvgIpc) is 2.48. The Morgan fingerprint density at radius 2 is 2.10 bits per heavy atom. The standard InChI is InChI=1S/C16H17ClN2O.ClH/c1-19-8-7-13(19)11-20-14-9-15(16(17)18-10-14)12-5-3-2-4-6-12;/h2-6,9-10,13H,7-8,11H2,1H3;1H/t13-;/m0./s1. The van der Waals surface area contributed by atoms with E-state index in [-0.39, 0.29) is 12.4 Å². The quantitative estimate of drug-likeness (QED) is 0.797. The molecule has 0 radical (unpaired) electrons. The SMILES string of the molecule is CN1CC[C@H]1COc1cnc(Cl)c(-c2ccccc2)c1.Cl. The topological polar surface area (TPSA) is 25.4 Å². The molecule has 1 fully saturated rings. The molecule has 0 aliphatic carbocycles. The van der Waals surface area contributed by atoms with E-state index >= 15 is 0 Å². The molecule has 1 atom stereocenters. The Morgan fingerprint density at radius 1 is 1.33 bits per heavy atom. The maximum absolute atomic E-state index is 6.18. The first-order valence-electron chi connectivity index (χ1n) is 6.78. The fourth-order valence-corrected chi connectivity index (χ4v) is 2.51. The molecule has 3 nitrogen and oxygen atoms in total. The van der Waals surface area contributed by atoms with Gasteiger partial charge in [-0.3, -0.25) is 4.90 Å². The number of pyridine rings is 1. The first-order chi connectivity index (χ1) is 9.74. The molecule has 0 saturated carbocycles. The van der Waals surface area contributed by atoms with Crippen LogP contribution in [0, 0.1) is 0 Å². The van der Waals surface area contributed by atoms with Crippen molar-refractivity contribution in [3.05, 3.63) is 47.7 Å². The van der Waals surface area contributed by atoms with Crippen molar-refractivity contribution in [1.82, 2.24) is 9.88 Å². The highest BCUT2D eigenvalue weighted by Gasteiger charge is 2.24. The maximum Gasteiger partial charge on any atom is 0.138 e. The molecule has 0 amide bonds. The van der Waals surface area contributed by atoms with Crippen molar-refractivity contribution in [3.63, 3.8) is 0 Å². The molecule has 2 aromatic rings. The van der Waals surface area contributed by atoms with Crippen molar-refractivity contribution in [2.75, 3.05) is 20.2 Å². The summed E-state index contributed by atoms with van der Waals surface area (Å²) in [6.07, 6.45) is 2.89. The molecular weight excluding hydrogens is 307 g/mol. The van der Waals surface area contributed by atoms with Gasteiger partial charge in [0.1, 0.15) is 17.5 Å². The zero-order valence-electron chi connectivity index (χ0n) is 11.8. The number of aromatic nitrogens is 1. The fraction of sp³-hybridized carbons (Fsp3) is 0.312. The Kier molecular flexibility index (Phi) is 5.45. The molecule has 1 aliphatic heterocycles. The molecule has 1 aromatic heterocycles. The van der Waals surface area contributed by atoms with E-state index in [1.165, 1.54) is 6.42 Å². The number of ether oxygens (including phenoxy) is 1. The monoisotopic (exact) mass is 324 g/mol. The van der Waals surface area contributed by atoms with Crippen LogP contribution in [0.1, 0.15) is 6.42 Å². The van der Waals surface area contributed by atoms with Crippen molar-refractivity contribution in [2.45, 2.75) is 12.5 Å². The van der Waals surface area contributed by atoms with Gasteiger partial charge < -0.3 is 4.74 Å². The summed E-state index contributed by atoms with van der Waals surface area (Å²) in [5.41, 5.74) is 1.96. The molecule has 112 valence electrons. The molecule has 0 unspecified atom stereocenters. The minimum atomic E-state index is 0. The molecule has 21 heavy (non-hydrogen) atoms. The van der Waals surface area contributed by atoms with E-state index in [2.05, 4.69) is 16.9 Å². The number of rotatable bonds is 4. The van der Waals surface area contributed by atoms with E-state index in [9.17, 15) is 0 Å². The fourth-order valence-electron chi connectivity index (χ4n) is 2.30. The molecular formula is C16H18Cl2N2O. The lowest BCUT2D eigenvalue weighted by molar-refractivity contribution is 0.0768. The van der Waals surface area contributed by atoms with Crippen LogP contribution in [-0.2, 0) is 0 Å². The minimum absolute atomic E-state index is 0. The van der Waals surface area contributed by atoms with Crippen LogP contribution in [0.5, 0.6) is 5.75 Å². The predicted molar refractivity (Wildman–Crippen MR) is 88.5 cm³/mol. The van der Waals surface area contributed by atoms with E-state index in [1.54, 1.807) is 6.20 Å². The van der Waals surface area contributed by atoms with Crippen molar-refractivity contribution in [2.24, 2.45) is 0 Å². The average molecular weight is 325 g/mol. The Hall–Kier alpha value is -1.29. The second-order valence-electron chi connectivity index (χ2n) is 5.11. The van der Waals surface area contributed by atoms with Crippen LogP contribution in [0.2, 0.25) is 5.15 Å². The van der Waals surface area contributed by atoms with E-state index in [0.29, 0.717) is 17.8 Å². The van der Waals surface area contributed by atoms with Crippen LogP contribution in [0.15, 0.2) is 42.6 Å². The van der Waals surface area contributed by atoms with Gasteiger partial charge in [-0.1, -0.05) is 41.9 Å². The number of hydrogen-bond acceptors (Lipinski definition) is 3. The van der Waals surface area contributed by atoms with Gasteiger partial charge >= 0.3 is 0 Å². The first kappa shape index (κ1) is 16.1. The summed E-state index contributed by atoms with van der Waals surface area (Å²) in [4.78, 5) is 6.52. The van der Waals surface area contributed by atoms with Crippen molar-refractivity contribution in [3.8, 4) is 16.9 Å². The molecule has 0 spiro atoms. The lowest BCUT2D eigenvalue weighted by Gasteiger charge is -2.37. The number of nitrogens with zero attached hydrogens (tertiary/aromatic N) is 2. The van der Waals surface area contributed by atoms with Crippen molar-refractivity contribution >= 4 is 24.0 Å². The van der Waals surface area contributed by atoms with Gasteiger partial charge in [-0.2, -0.15) is 0 Å². The van der Waals surface area contributed by atoms with Crippen molar-refractivity contribution in [1.29, 1.82) is 0 Å². The smallest absolute Gasteiger partial charge is 0.138 e. The molecule has 0 bridgehead atoms. The summed E-state index contributed by atoms with van der Waals surface area (Å²) < 4.78 is 5.83. The molecule has 1 aromatic carbocycles. The maximum atomic E-state index is 6.18. The van der Waals surface area contributed by atoms with Gasteiger partial charge in [0.15, 0.2) is 0 Å². The van der Waals surface area contributed by atoms with Gasteiger partial charge in [-0.25, -0.2) is 4.98 Å². The largest absolute Gasteiger partial charge is 0.490 e. The van der Waals surface area contributed by atoms with Gasteiger partial charge in [0.2, 0.25) is 0 Å². The summed E-state index contributed by atoms with van der Waals surface area (Å²) in [6, 6.07) is 12.5. The molecule has 0 N–H and O–H groups in total. The Balaban J connectivity index is 0.00000161. The third-order valence-electron chi connectivity index (χ3n) is 3.78. The predicted octanol–water partition coefficient (Wildman–Crippen LogP) is 3.91. The van der Waals surface area contributed by atoms with Crippen LogP contribution in [0.3, 0.4) is 0 Å². The highest BCUT2D eigenvalue weighted by atomic mass is 35.5. The number of halogens is 2. The molecule has 2 heterocycles. The Labute approximate surface area is 136 Å². The van der Waals surface area contributed by atoms with E-state index in [0.717, 1.165) is 23.4 Å². The molecule has 1 saturated heterocycles. The first-order valence-corrected chi connectivity index (χ1v) is 7.16. The second kappa shape index (κ2) is 7.12. The van der Waals surface area contributed by atoms with Crippen LogP contribution in [-0.4, -0.2) is 36.1 Å². The zero-order valence-corrected chi connectivity index (χ0v) is 13.4. The van der Waals surface area contributed by atoms with E-state index < -0.39 is 0 Å². The molecule has 5 heteroatoms. The summed E-state index contributed by atoms with van der Waals surface area (Å²) in [6.45, 7) is 1.86. The highest BCUT2D eigenvalue weighted by Crippen LogP contribution is 2.29. The van der Waals surface area contributed by atoms with Gasteiger partial charge in [0, 0.05) is 11.6 Å².